The number of anilines is 1. The molecule has 1 unspecified atom stereocenters. The number of aromatic nitrogens is 1. The first-order valence-electron chi connectivity index (χ1n) is 9.71. The molecule has 0 spiro atoms. The molecule has 16 heteroatoms. The van der Waals surface area contributed by atoms with E-state index in [1.165, 1.54) is 35.5 Å². The number of ether oxygens (including phenoxy) is 2. The van der Waals surface area contributed by atoms with E-state index in [4.69, 9.17) is 20.0 Å². The van der Waals surface area contributed by atoms with Crippen molar-refractivity contribution in [3.8, 4) is 0 Å². The van der Waals surface area contributed by atoms with E-state index >= 15 is 0 Å². The van der Waals surface area contributed by atoms with E-state index < -0.39 is 29.2 Å². The van der Waals surface area contributed by atoms with Crippen LogP contribution in [-0.2, 0) is 28.7 Å². The fraction of sp³-hybridized carbons (Fsp3) is 0.500. The molecule has 0 radical (unpaired) electrons. The molecular formula is C18H20N5NaO7S3. The Morgan fingerprint density at radius 1 is 1.44 bits per heavy atom. The molecule has 4 heterocycles. The molecule has 0 aliphatic carbocycles. The predicted octanol–water partition coefficient (Wildman–Crippen LogP) is -4.21. The molecule has 178 valence electrons. The van der Waals surface area contributed by atoms with Crippen LogP contribution in [0.1, 0.15) is 5.69 Å². The zero-order valence-electron chi connectivity index (χ0n) is 18.3. The topological polar surface area (TPSA) is 168 Å². The van der Waals surface area contributed by atoms with Crippen molar-refractivity contribution in [3.05, 3.63) is 21.7 Å². The van der Waals surface area contributed by atoms with Gasteiger partial charge in [-0.1, -0.05) is 5.16 Å². The number of carboxylic acids is 1. The van der Waals surface area contributed by atoms with E-state index in [9.17, 15) is 19.5 Å². The SMILES string of the molecule is CO/N=C(\C(=O)NC1C(=O)N2C(C(=O)[O-])=C(SCC3COCOC3)CS[C@@H]12)c1csc(N)n1.[Na+]. The van der Waals surface area contributed by atoms with Crippen molar-refractivity contribution in [2.24, 2.45) is 11.1 Å². The van der Waals surface area contributed by atoms with E-state index in [0.717, 1.165) is 11.3 Å². The van der Waals surface area contributed by atoms with Crippen LogP contribution < -0.4 is 45.7 Å². The number of amides is 2. The van der Waals surface area contributed by atoms with Crippen LogP contribution in [-0.4, -0.2) is 83.4 Å². The summed E-state index contributed by atoms with van der Waals surface area (Å²) in [5.74, 6) is -1.58. The monoisotopic (exact) mass is 537 g/mol. The van der Waals surface area contributed by atoms with Gasteiger partial charge in [0.2, 0.25) is 0 Å². The summed E-state index contributed by atoms with van der Waals surface area (Å²) in [4.78, 5) is 48.0. The minimum absolute atomic E-state index is 0. The molecule has 2 saturated heterocycles. The summed E-state index contributed by atoms with van der Waals surface area (Å²) in [6.07, 6.45) is 0. The second-order valence-electron chi connectivity index (χ2n) is 7.15. The molecule has 3 aliphatic heterocycles. The van der Waals surface area contributed by atoms with Crippen LogP contribution in [0, 0.1) is 5.92 Å². The normalized spacial score (nSPS) is 23.0. The number of thiazole rings is 1. The number of rotatable bonds is 8. The fourth-order valence-corrected chi connectivity index (χ4v) is 6.67. The maximum Gasteiger partial charge on any atom is 1.00 e. The van der Waals surface area contributed by atoms with Gasteiger partial charge in [0.05, 0.1) is 24.9 Å². The first-order valence-corrected chi connectivity index (χ1v) is 12.6. The van der Waals surface area contributed by atoms with Crippen molar-refractivity contribution >= 4 is 63.5 Å². The number of hydrogen-bond donors (Lipinski definition) is 2. The van der Waals surface area contributed by atoms with Crippen molar-refractivity contribution < 1.29 is 63.4 Å². The average molecular weight is 538 g/mol. The minimum atomic E-state index is -1.43. The third-order valence-corrected chi connectivity index (χ3v) is 8.40. The predicted molar refractivity (Wildman–Crippen MR) is 120 cm³/mol. The van der Waals surface area contributed by atoms with Gasteiger partial charge in [-0.15, -0.1) is 34.9 Å². The summed E-state index contributed by atoms with van der Waals surface area (Å²) >= 11 is 3.84. The number of nitrogens with zero attached hydrogens (tertiary/aromatic N) is 3. The molecule has 2 amide bonds. The van der Waals surface area contributed by atoms with Gasteiger partial charge in [-0.2, -0.15) is 0 Å². The van der Waals surface area contributed by atoms with E-state index in [1.54, 1.807) is 5.38 Å². The van der Waals surface area contributed by atoms with Crippen molar-refractivity contribution in [2.75, 3.05) is 44.4 Å². The van der Waals surface area contributed by atoms with Gasteiger partial charge < -0.3 is 35.3 Å². The summed E-state index contributed by atoms with van der Waals surface area (Å²) in [6.45, 7) is 1.32. The number of nitrogens with one attached hydrogen (secondary N) is 1. The summed E-state index contributed by atoms with van der Waals surface area (Å²) in [5, 5.41) is 19.4. The quantitative estimate of drug-likeness (QED) is 0.143. The Hall–Kier alpha value is -1.33. The van der Waals surface area contributed by atoms with Crippen molar-refractivity contribution in [1.29, 1.82) is 0 Å². The zero-order valence-corrected chi connectivity index (χ0v) is 22.8. The molecule has 1 aromatic heterocycles. The molecule has 2 atom stereocenters. The molecule has 0 saturated carbocycles. The molecule has 4 rings (SSSR count). The zero-order chi connectivity index (χ0) is 23.5. The number of carbonyl (C=O) groups excluding carboxylic acids is 3. The van der Waals surface area contributed by atoms with Crippen LogP contribution in [0.5, 0.6) is 0 Å². The number of thioether (sulfide) groups is 2. The number of fused-ring (bicyclic) bond motifs is 1. The van der Waals surface area contributed by atoms with E-state index in [-0.39, 0.29) is 64.5 Å². The Morgan fingerprint density at radius 3 is 2.79 bits per heavy atom. The number of hydrogen-bond acceptors (Lipinski definition) is 13. The molecule has 2 fully saturated rings. The van der Waals surface area contributed by atoms with E-state index in [0.29, 0.717) is 29.6 Å². The second-order valence-corrected chi connectivity index (χ2v) is 10.3. The summed E-state index contributed by atoms with van der Waals surface area (Å²) in [6, 6.07) is -0.929. The molecule has 12 nitrogen and oxygen atoms in total. The molecule has 3 N–H and O–H groups in total. The Bertz CT molecular complexity index is 1010. The van der Waals surface area contributed by atoms with Gasteiger partial charge in [0.25, 0.3) is 11.8 Å². The van der Waals surface area contributed by atoms with Crippen LogP contribution in [0.2, 0.25) is 0 Å². The largest absolute Gasteiger partial charge is 1.00 e. The maximum absolute atomic E-state index is 12.8. The number of carbonyl (C=O) groups is 3. The average Bonchev–Trinajstić information content (AvgIpc) is 3.25. The molecule has 0 bridgehead atoms. The first kappa shape index (κ1) is 27.3. The van der Waals surface area contributed by atoms with Gasteiger partial charge in [-0.05, 0) is 0 Å². The van der Waals surface area contributed by atoms with Crippen molar-refractivity contribution in [2.45, 2.75) is 11.4 Å². The maximum atomic E-state index is 12.8. The number of nitrogens with two attached hydrogens (primary N) is 1. The molecule has 34 heavy (non-hydrogen) atoms. The van der Waals surface area contributed by atoms with Gasteiger partial charge in [0.15, 0.2) is 10.8 Å². The molecule has 0 aromatic carbocycles. The Kier molecular flexibility index (Phi) is 9.68. The number of oxime groups is 1. The van der Waals surface area contributed by atoms with Crippen LogP contribution in [0.3, 0.4) is 0 Å². The number of aliphatic carboxylic acids is 1. The Balaban J connectivity index is 0.00000324. The second kappa shape index (κ2) is 12.1. The van der Waals surface area contributed by atoms with Gasteiger partial charge in [0.1, 0.15) is 31.0 Å². The first-order chi connectivity index (χ1) is 15.9. The molecular weight excluding hydrogens is 517 g/mol. The van der Waals surface area contributed by atoms with Gasteiger partial charge in [-0.3, -0.25) is 14.5 Å². The molecule has 1 aromatic rings. The van der Waals surface area contributed by atoms with Crippen LogP contribution in [0.25, 0.3) is 0 Å². The van der Waals surface area contributed by atoms with Crippen molar-refractivity contribution in [3.63, 3.8) is 0 Å². The smallest absolute Gasteiger partial charge is 0.543 e. The number of carboxylic acid groups (broad SMARTS) is 1. The number of β-lactam (4-membered cyclic amide) rings is 1. The summed E-state index contributed by atoms with van der Waals surface area (Å²) < 4.78 is 10.5. The van der Waals surface area contributed by atoms with Gasteiger partial charge in [0, 0.05) is 27.7 Å². The van der Waals surface area contributed by atoms with Crippen LogP contribution in [0.15, 0.2) is 21.1 Å². The van der Waals surface area contributed by atoms with Crippen LogP contribution >= 0.6 is 34.9 Å². The van der Waals surface area contributed by atoms with Gasteiger partial charge >= 0.3 is 29.6 Å². The van der Waals surface area contributed by atoms with Crippen molar-refractivity contribution in [1.82, 2.24) is 15.2 Å². The summed E-state index contributed by atoms with van der Waals surface area (Å²) in [7, 11) is 1.28. The third-order valence-electron chi connectivity index (χ3n) is 4.94. The molecule has 3 aliphatic rings. The van der Waals surface area contributed by atoms with Gasteiger partial charge in [-0.25, -0.2) is 4.98 Å². The fourth-order valence-electron chi connectivity index (χ4n) is 3.44. The number of nitrogen functional groups attached to an aromatic ring is 1. The Morgan fingerprint density at radius 2 is 2.18 bits per heavy atom. The third kappa shape index (κ3) is 5.73. The standard InChI is InChI=1S/C18H21N5O7S3.Na/c1-28-22-11(9-5-33-18(19)20-9)14(24)21-12-15(25)23-13(17(26)27)10(6-32-16(12)23)31-4-8-2-29-7-30-3-8;/h5,8,12,16H,2-4,6-7H2,1H3,(H2,19,20)(H,21,24)(H,26,27);/q;+1/p-1/b22-11-;/t12?,16-;/m0./s1. The Labute approximate surface area is 229 Å². The summed E-state index contributed by atoms with van der Waals surface area (Å²) in [5.41, 5.74) is 5.54. The van der Waals surface area contributed by atoms with E-state index in [1.807, 2.05) is 0 Å². The van der Waals surface area contributed by atoms with E-state index in [2.05, 4.69) is 15.5 Å². The minimum Gasteiger partial charge on any atom is -0.543 e. The van der Waals surface area contributed by atoms with Crippen LogP contribution in [0.4, 0.5) is 5.13 Å².